The lowest BCUT2D eigenvalue weighted by Gasteiger charge is -2.33. The molecular formula is C27H21FN2O4. The Morgan fingerprint density at radius 1 is 1.09 bits per heavy atom. The van der Waals surface area contributed by atoms with E-state index in [-0.39, 0.29) is 42.0 Å². The molecule has 1 aromatic heterocycles. The van der Waals surface area contributed by atoms with E-state index in [1.165, 1.54) is 6.07 Å². The predicted molar refractivity (Wildman–Crippen MR) is 121 cm³/mol. The molecule has 5 rings (SSSR count). The van der Waals surface area contributed by atoms with Gasteiger partial charge in [0.15, 0.2) is 5.78 Å². The standard InChI is InChI=1S/C27H21FN2O4/c28-21-5-2-1-4-17(21)15-33-19-9-7-16(8-10-19)25-20(14-29)27(30)34-24-13-18(12-22(31)26(24)25)23-6-3-11-32-23/h1-11,18,25H,12-13,15,30H2/t18-,25-/m1/s1. The molecular weight excluding hydrogens is 435 g/mol. The maximum atomic E-state index is 13.8. The van der Waals surface area contributed by atoms with Gasteiger partial charge in [-0.25, -0.2) is 4.39 Å². The molecule has 2 aliphatic rings. The van der Waals surface area contributed by atoms with Crippen molar-refractivity contribution in [2.75, 3.05) is 0 Å². The summed E-state index contributed by atoms with van der Waals surface area (Å²) in [4.78, 5) is 13.2. The van der Waals surface area contributed by atoms with Gasteiger partial charge in [0.2, 0.25) is 5.88 Å². The van der Waals surface area contributed by atoms with E-state index in [2.05, 4.69) is 6.07 Å². The Balaban J connectivity index is 1.42. The summed E-state index contributed by atoms with van der Waals surface area (Å²) in [7, 11) is 0. The minimum Gasteiger partial charge on any atom is -0.489 e. The number of hydrogen-bond acceptors (Lipinski definition) is 6. The molecule has 6 nitrogen and oxygen atoms in total. The van der Waals surface area contributed by atoms with Gasteiger partial charge in [-0.05, 0) is 35.9 Å². The summed E-state index contributed by atoms with van der Waals surface area (Å²) in [6.07, 6.45) is 2.29. The van der Waals surface area contributed by atoms with Crippen LogP contribution < -0.4 is 10.5 Å². The van der Waals surface area contributed by atoms with Crippen molar-refractivity contribution in [1.29, 1.82) is 5.26 Å². The summed E-state index contributed by atoms with van der Waals surface area (Å²) in [5, 5.41) is 9.79. The number of furan rings is 1. The lowest BCUT2D eigenvalue weighted by molar-refractivity contribution is -0.117. The molecule has 34 heavy (non-hydrogen) atoms. The fourth-order valence-corrected chi connectivity index (χ4v) is 4.50. The highest BCUT2D eigenvalue weighted by Gasteiger charge is 2.41. The maximum absolute atomic E-state index is 13.8. The van der Waals surface area contributed by atoms with Crippen LogP contribution in [0, 0.1) is 17.1 Å². The molecule has 170 valence electrons. The van der Waals surface area contributed by atoms with Crippen molar-refractivity contribution >= 4 is 5.78 Å². The molecule has 2 N–H and O–H groups in total. The fraction of sp³-hybridized carbons (Fsp3) is 0.185. The molecule has 3 aromatic rings. The van der Waals surface area contributed by atoms with Gasteiger partial charge in [0.1, 0.15) is 41.3 Å². The summed E-state index contributed by atoms with van der Waals surface area (Å²) in [6, 6.07) is 19.2. The Labute approximate surface area is 195 Å². The van der Waals surface area contributed by atoms with Gasteiger partial charge in [0, 0.05) is 29.9 Å². The largest absolute Gasteiger partial charge is 0.489 e. The first-order valence-electron chi connectivity index (χ1n) is 10.9. The molecule has 0 saturated heterocycles. The second-order valence-electron chi connectivity index (χ2n) is 8.25. The highest BCUT2D eigenvalue weighted by Crippen LogP contribution is 2.46. The average molecular weight is 456 g/mol. The van der Waals surface area contributed by atoms with Crippen LogP contribution in [-0.4, -0.2) is 5.78 Å². The number of ketones is 1. The van der Waals surface area contributed by atoms with Crippen LogP contribution in [0.3, 0.4) is 0 Å². The van der Waals surface area contributed by atoms with E-state index in [4.69, 9.17) is 19.6 Å². The van der Waals surface area contributed by atoms with Crippen LogP contribution in [0.25, 0.3) is 0 Å². The highest BCUT2D eigenvalue weighted by molar-refractivity contribution is 6.00. The van der Waals surface area contributed by atoms with Crippen LogP contribution in [0.4, 0.5) is 4.39 Å². The second-order valence-corrected chi connectivity index (χ2v) is 8.25. The van der Waals surface area contributed by atoms with E-state index < -0.39 is 5.92 Å². The first-order chi connectivity index (χ1) is 16.5. The lowest BCUT2D eigenvalue weighted by Crippen LogP contribution is -2.29. The van der Waals surface area contributed by atoms with Crippen molar-refractivity contribution in [3.8, 4) is 11.8 Å². The van der Waals surface area contributed by atoms with Crippen LogP contribution in [0.15, 0.2) is 94.1 Å². The van der Waals surface area contributed by atoms with E-state index in [1.54, 1.807) is 54.8 Å². The number of nitrogens with two attached hydrogens (primary N) is 1. The van der Waals surface area contributed by atoms with Crippen LogP contribution in [-0.2, 0) is 16.1 Å². The fourth-order valence-electron chi connectivity index (χ4n) is 4.50. The molecule has 0 radical (unpaired) electrons. The van der Waals surface area contributed by atoms with Crippen molar-refractivity contribution in [3.05, 3.63) is 112 Å². The van der Waals surface area contributed by atoms with Gasteiger partial charge in [-0.1, -0.05) is 30.3 Å². The zero-order valence-corrected chi connectivity index (χ0v) is 18.2. The molecule has 2 aromatic carbocycles. The van der Waals surface area contributed by atoms with Gasteiger partial charge in [-0.3, -0.25) is 4.79 Å². The zero-order valence-electron chi connectivity index (χ0n) is 18.2. The Hall–Kier alpha value is -4.31. The first kappa shape index (κ1) is 21.5. The second kappa shape index (κ2) is 8.91. The summed E-state index contributed by atoms with van der Waals surface area (Å²) >= 11 is 0. The number of benzene rings is 2. The van der Waals surface area contributed by atoms with Crippen LogP contribution >= 0.6 is 0 Å². The van der Waals surface area contributed by atoms with Crippen molar-refractivity contribution in [2.45, 2.75) is 31.3 Å². The van der Waals surface area contributed by atoms with Gasteiger partial charge in [-0.2, -0.15) is 5.26 Å². The predicted octanol–water partition coefficient (Wildman–Crippen LogP) is 5.21. The minimum atomic E-state index is -0.626. The summed E-state index contributed by atoms with van der Waals surface area (Å²) in [6.45, 7) is 0.0849. The van der Waals surface area contributed by atoms with E-state index in [0.717, 1.165) is 5.56 Å². The summed E-state index contributed by atoms with van der Waals surface area (Å²) < 4.78 is 30.8. The van der Waals surface area contributed by atoms with Gasteiger partial charge in [0.05, 0.1) is 12.2 Å². The Morgan fingerprint density at radius 2 is 1.88 bits per heavy atom. The molecule has 2 heterocycles. The zero-order chi connectivity index (χ0) is 23.7. The van der Waals surface area contributed by atoms with Gasteiger partial charge in [-0.15, -0.1) is 0 Å². The Kier molecular flexibility index (Phi) is 5.64. The number of nitrogens with zero attached hydrogens (tertiary/aromatic N) is 1. The first-order valence-corrected chi connectivity index (χ1v) is 10.9. The topological polar surface area (TPSA) is 98.5 Å². The van der Waals surface area contributed by atoms with Crippen molar-refractivity contribution in [3.63, 3.8) is 0 Å². The number of Topliss-reactive ketones (excluding diaryl/α,β-unsaturated/α-hetero) is 1. The van der Waals surface area contributed by atoms with Crippen molar-refractivity contribution in [2.24, 2.45) is 5.73 Å². The van der Waals surface area contributed by atoms with E-state index in [9.17, 15) is 14.4 Å². The smallest absolute Gasteiger partial charge is 0.205 e. The molecule has 1 aliphatic heterocycles. The lowest BCUT2D eigenvalue weighted by atomic mass is 9.74. The molecule has 0 fully saturated rings. The molecule has 0 spiro atoms. The molecule has 7 heteroatoms. The number of hydrogen-bond donors (Lipinski definition) is 1. The van der Waals surface area contributed by atoms with Crippen molar-refractivity contribution < 1.29 is 23.1 Å². The van der Waals surface area contributed by atoms with Crippen molar-refractivity contribution in [1.82, 2.24) is 0 Å². The number of halogens is 1. The van der Waals surface area contributed by atoms with Crippen LogP contribution in [0.5, 0.6) is 5.75 Å². The van der Waals surface area contributed by atoms with E-state index >= 15 is 0 Å². The number of nitriles is 1. The number of ether oxygens (including phenoxy) is 2. The third-order valence-electron chi connectivity index (χ3n) is 6.17. The third-order valence-corrected chi connectivity index (χ3v) is 6.17. The third kappa shape index (κ3) is 3.95. The molecule has 0 unspecified atom stereocenters. The van der Waals surface area contributed by atoms with E-state index in [1.807, 2.05) is 6.07 Å². The molecule has 2 atom stereocenters. The van der Waals surface area contributed by atoms with E-state index in [0.29, 0.717) is 34.8 Å². The SMILES string of the molecule is N#CC1=C(N)OC2=C(C(=O)C[C@@H](c3ccco3)C2)[C@@H]1c1ccc(OCc2ccccc2F)cc1. The maximum Gasteiger partial charge on any atom is 0.205 e. The number of carbonyl (C=O) groups is 1. The Bertz CT molecular complexity index is 1330. The van der Waals surface area contributed by atoms with Crippen LogP contribution in [0.1, 0.15) is 41.6 Å². The summed E-state index contributed by atoms with van der Waals surface area (Å²) in [5.74, 6) is 0.517. The van der Waals surface area contributed by atoms with Gasteiger partial charge < -0.3 is 19.6 Å². The number of carbonyl (C=O) groups excluding carboxylic acids is 1. The van der Waals surface area contributed by atoms with Gasteiger partial charge >= 0.3 is 0 Å². The number of rotatable bonds is 5. The average Bonchev–Trinajstić information content (AvgIpc) is 3.38. The molecule has 1 aliphatic carbocycles. The molecule has 0 bridgehead atoms. The monoisotopic (exact) mass is 456 g/mol. The summed E-state index contributed by atoms with van der Waals surface area (Å²) in [5.41, 5.74) is 7.92. The number of allylic oxidation sites excluding steroid dienone is 3. The Morgan fingerprint density at radius 3 is 2.59 bits per heavy atom. The highest BCUT2D eigenvalue weighted by atomic mass is 19.1. The normalized spacial score (nSPS) is 19.9. The van der Waals surface area contributed by atoms with Gasteiger partial charge in [0.25, 0.3) is 0 Å². The molecule has 0 amide bonds. The molecule has 0 saturated carbocycles. The minimum absolute atomic E-state index is 0.000903. The van der Waals surface area contributed by atoms with Crippen LogP contribution in [0.2, 0.25) is 0 Å². The quantitative estimate of drug-likeness (QED) is 0.566.